The number of benzene rings is 1. The smallest absolute Gasteiger partial charge is 0.227 e. The predicted molar refractivity (Wildman–Crippen MR) is 75.7 cm³/mol. The molecule has 1 aliphatic carbocycles. The third kappa shape index (κ3) is 2.39. The predicted octanol–water partition coefficient (Wildman–Crippen LogP) is 2.16. The fourth-order valence-corrected chi connectivity index (χ4v) is 2.61. The van der Waals surface area contributed by atoms with E-state index in [1.54, 1.807) is 13.4 Å². The molecule has 0 bridgehead atoms. The van der Waals surface area contributed by atoms with Gasteiger partial charge in [0, 0.05) is 18.0 Å². The minimum atomic E-state index is -0.0205. The van der Waals surface area contributed by atoms with Crippen molar-refractivity contribution in [3.05, 3.63) is 42.0 Å². The number of nitrogens with zero attached hydrogens (tertiary/aromatic N) is 1. The summed E-state index contributed by atoms with van der Waals surface area (Å²) in [4.78, 5) is 19.7. The molecule has 1 amide bonds. The van der Waals surface area contributed by atoms with Gasteiger partial charge in [0.15, 0.2) is 0 Å². The van der Waals surface area contributed by atoms with E-state index in [1.165, 1.54) is 0 Å². The number of aryl methyl sites for hydroxylation is 1. The zero-order valence-electron chi connectivity index (χ0n) is 11.3. The number of aromatic amines is 1. The molecular weight excluding hydrogens is 254 g/mol. The number of carbonyl (C=O) groups excluding carboxylic acids is 1. The van der Waals surface area contributed by atoms with Crippen LogP contribution in [0.1, 0.15) is 17.8 Å². The van der Waals surface area contributed by atoms with Crippen molar-refractivity contribution in [2.75, 3.05) is 12.4 Å². The van der Waals surface area contributed by atoms with E-state index in [-0.39, 0.29) is 11.8 Å². The second-order valence-electron chi connectivity index (χ2n) is 4.96. The van der Waals surface area contributed by atoms with Crippen LogP contribution < -0.4 is 10.1 Å². The van der Waals surface area contributed by atoms with Gasteiger partial charge >= 0.3 is 0 Å². The number of ether oxygens (including phenoxy) is 1. The average molecular weight is 271 g/mol. The summed E-state index contributed by atoms with van der Waals surface area (Å²) in [5.74, 6) is 0.696. The molecule has 1 atom stereocenters. The summed E-state index contributed by atoms with van der Waals surface area (Å²) < 4.78 is 5.25. The summed E-state index contributed by atoms with van der Waals surface area (Å²) >= 11 is 0. The highest BCUT2D eigenvalue weighted by atomic mass is 16.5. The maximum absolute atomic E-state index is 12.4. The number of hydrogen-bond acceptors (Lipinski definition) is 3. The lowest BCUT2D eigenvalue weighted by molar-refractivity contribution is -0.120. The molecule has 2 N–H and O–H groups in total. The lowest BCUT2D eigenvalue weighted by Crippen LogP contribution is -2.28. The van der Waals surface area contributed by atoms with Crippen LogP contribution in [0.15, 0.2) is 30.6 Å². The molecule has 1 aromatic heterocycles. The molecule has 1 heterocycles. The Balaban J connectivity index is 1.71. The molecule has 0 fully saturated rings. The van der Waals surface area contributed by atoms with E-state index in [2.05, 4.69) is 15.3 Å². The fraction of sp³-hybridized carbons (Fsp3) is 0.333. The molecule has 3 rings (SSSR count). The molecule has 104 valence electrons. The second-order valence-corrected chi connectivity index (χ2v) is 4.96. The van der Waals surface area contributed by atoms with Crippen molar-refractivity contribution in [2.24, 2.45) is 5.92 Å². The third-order valence-electron chi connectivity index (χ3n) is 3.72. The first-order valence-corrected chi connectivity index (χ1v) is 6.73. The Hall–Kier alpha value is -2.30. The van der Waals surface area contributed by atoms with Crippen molar-refractivity contribution >= 4 is 11.6 Å². The SMILES string of the molecule is COc1ccccc1NC(=O)[C@@H]1CCc2nc[nH]c2C1. The van der Waals surface area contributed by atoms with Crippen LogP contribution in [-0.4, -0.2) is 23.0 Å². The van der Waals surface area contributed by atoms with E-state index in [0.717, 1.165) is 36.3 Å². The highest BCUT2D eigenvalue weighted by Gasteiger charge is 2.26. The quantitative estimate of drug-likeness (QED) is 0.899. The number of amides is 1. The first kappa shape index (κ1) is 12.7. The van der Waals surface area contributed by atoms with E-state index < -0.39 is 0 Å². The van der Waals surface area contributed by atoms with Gasteiger partial charge in [0.25, 0.3) is 0 Å². The molecule has 5 heteroatoms. The van der Waals surface area contributed by atoms with Crippen LogP contribution in [0.25, 0.3) is 0 Å². The molecule has 0 saturated carbocycles. The Morgan fingerprint density at radius 2 is 2.30 bits per heavy atom. The Morgan fingerprint density at radius 1 is 1.45 bits per heavy atom. The number of H-pyrrole nitrogens is 1. The maximum Gasteiger partial charge on any atom is 0.227 e. The fourth-order valence-electron chi connectivity index (χ4n) is 2.61. The average Bonchev–Trinajstić information content (AvgIpc) is 2.95. The zero-order chi connectivity index (χ0) is 13.9. The van der Waals surface area contributed by atoms with E-state index in [0.29, 0.717) is 5.75 Å². The summed E-state index contributed by atoms with van der Waals surface area (Å²) in [5, 5.41) is 2.96. The largest absolute Gasteiger partial charge is 0.495 e. The van der Waals surface area contributed by atoms with Crippen LogP contribution in [0.3, 0.4) is 0 Å². The molecular formula is C15H17N3O2. The van der Waals surface area contributed by atoms with Crippen molar-refractivity contribution < 1.29 is 9.53 Å². The van der Waals surface area contributed by atoms with E-state index in [9.17, 15) is 4.79 Å². The standard InChI is InChI=1S/C15H17N3O2/c1-20-14-5-3-2-4-12(14)18-15(19)10-6-7-11-13(8-10)17-9-16-11/h2-5,9-10H,6-8H2,1H3,(H,16,17)(H,18,19)/t10-/m1/s1. The Kier molecular flexibility index (Phi) is 3.41. The number of nitrogens with one attached hydrogen (secondary N) is 2. The van der Waals surface area contributed by atoms with Crippen LogP contribution in [0.2, 0.25) is 0 Å². The number of fused-ring (bicyclic) bond motifs is 1. The topological polar surface area (TPSA) is 67.0 Å². The van der Waals surface area contributed by atoms with Crippen LogP contribution in [-0.2, 0) is 17.6 Å². The van der Waals surface area contributed by atoms with Gasteiger partial charge in [0.1, 0.15) is 5.75 Å². The first-order valence-electron chi connectivity index (χ1n) is 6.73. The number of methoxy groups -OCH3 is 1. The van der Waals surface area contributed by atoms with Gasteiger partial charge in [-0.05, 0) is 25.0 Å². The number of rotatable bonds is 3. The summed E-state index contributed by atoms with van der Waals surface area (Å²) in [6.07, 6.45) is 4.10. The normalized spacial score (nSPS) is 17.4. The van der Waals surface area contributed by atoms with Gasteiger partial charge in [-0.15, -0.1) is 0 Å². The Bertz CT molecular complexity index is 621. The van der Waals surface area contributed by atoms with Gasteiger partial charge in [-0.2, -0.15) is 0 Å². The maximum atomic E-state index is 12.4. The summed E-state index contributed by atoms with van der Waals surface area (Å²) in [7, 11) is 1.60. The van der Waals surface area contributed by atoms with Gasteiger partial charge in [-0.25, -0.2) is 4.98 Å². The number of para-hydroxylation sites is 2. The van der Waals surface area contributed by atoms with E-state index in [4.69, 9.17) is 4.74 Å². The second kappa shape index (κ2) is 5.36. The number of aromatic nitrogens is 2. The van der Waals surface area contributed by atoms with Crippen molar-refractivity contribution in [3.63, 3.8) is 0 Å². The van der Waals surface area contributed by atoms with Gasteiger partial charge in [-0.3, -0.25) is 4.79 Å². The molecule has 0 aliphatic heterocycles. The number of carbonyl (C=O) groups is 1. The number of imidazole rings is 1. The van der Waals surface area contributed by atoms with Gasteiger partial charge in [0.05, 0.1) is 24.8 Å². The Labute approximate surface area is 117 Å². The van der Waals surface area contributed by atoms with Crippen LogP contribution in [0.5, 0.6) is 5.75 Å². The number of hydrogen-bond donors (Lipinski definition) is 2. The van der Waals surface area contributed by atoms with Crippen molar-refractivity contribution in [1.82, 2.24) is 9.97 Å². The van der Waals surface area contributed by atoms with E-state index >= 15 is 0 Å². The summed E-state index contributed by atoms with van der Waals surface area (Å²) in [5.41, 5.74) is 2.89. The zero-order valence-corrected chi connectivity index (χ0v) is 11.3. The molecule has 5 nitrogen and oxygen atoms in total. The minimum absolute atomic E-state index is 0.0205. The van der Waals surface area contributed by atoms with Gasteiger partial charge in [-0.1, -0.05) is 12.1 Å². The van der Waals surface area contributed by atoms with Crippen LogP contribution in [0, 0.1) is 5.92 Å². The summed E-state index contributed by atoms with van der Waals surface area (Å²) in [6.45, 7) is 0. The lowest BCUT2D eigenvalue weighted by Gasteiger charge is -2.21. The highest BCUT2D eigenvalue weighted by molar-refractivity contribution is 5.94. The first-order chi connectivity index (χ1) is 9.78. The van der Waals surface area contributed by atoms with E-state index in [1.807, 2.05) is 24.3 Å². The summed E-state index contributed by atoms with van der Waals surface area (Å²) in [6, 6.07) is 7.45. The van der Waals surface area contributed by atoms with Crippen molar-refractivity contribution in [2.45, 2.75) is 19.3 Å². The van der Waals surface area contributed by atoms with Gasteiger partial charge in [0.2, 0.25) is 5.91 Å². The molecule has 0 spiro atoms. The lowest BCUT2D eigenvalue weighted by atomic mass is 9.89. The van der Waals surface area contributed by atoms with Crippen molar-refractivity contribution in [3.8, 4) is 5.75 Å². The van der Waals surface area contributed by atoms with Crippen LogP contribution >= 0.6 is 0 Å². The molecule has 2 aromatic rings. The highest BCUT2D eigenvalue weighted by Crippen LogP contribution is 2.27. The third-order valence-corrected chi connectivity index (χ3v) is 3.72. The van der Waals surface area contributed by atoms with Crippen LogP contribution in [0.4, 0.5) is 5.69 Å². The molecule has 0 unspecified atom stereocenters. The minimum Gasteiger partial charge on any atom is -0.495 e. The molecule has 1 aliphatic rings. The monoisotopic (exact) mass is 271 g/mol. The van der Waals surface area contributed by atoms with Crippen molar-refractivity contribution in [1.29, 1.82) is 0 Å². The Morgan fingerprint density at radius 3 is 3.15 bits per heavy atom. The number of anilines is 1. The van der Waals surface area contributed by atoms with Gasteiger partial charge < -0.3 is 15.0 Å². The molecule has 0 radical (unpaired) electrons. The molecule has 0 saturated heterocycles. The molecule has 1 aromatic carbocycles. The molecule has 20 heavy (non-hydrogen) atoms.